The van der Waals surface area contributed by atoms with E-state index in [-0.39, 0.29) is 45.7 Å². The number of halogens is 1. The minimum absolute atomic E-state index is 0.0297. The first kappa shape index (κ1) is 30.9. The van der Waals surface area contributed by atoms with Gasteiger partial charge >= 0.3 is 0 Å². The predicted molar refractivity (Wildman–Crippen MR) is 167 cm³/mol. The van der Waals surface area contributed by atoms with Crippen LogP contribution in [0.3, 0.4) is 0 Å². The molecule has 1 amide bonds. The number of carbonyl (C=O) groups is 3. The lowest BCUT2D eigenvalue weighted by Gasteiger charge is -2.42. The van der Waals surface area contributed by atoms with Crippen LogP contribution in [0.5, 0.6) is 11.5 Å². The number of carbonyl (C=O) groups excluding carboxylic acids is 3. The highest BCUT2D eigenvalue weighted by Gasteiger charge is 2.48. The van der Waals surface area contributed by atoms with Crippen LogP contribution in [0.1, 0.15) is 82.9 Å². The van der Waals surface area contributed by atoms with E-state index in [1.807, 2.05) is 39.0 Å². The van der Waals surface area contributed by atoms with Crippen LogP contribution in [-0.2, 0) is 19.1 Å². The lowest BCUT2D eigenvalue weighted by Crippen LogP contribution is -2.37. The second kappa shape index (κ2) is 11.5. The molecule has 0 atom stereocenters. The van der Waals surface area contributed by atoms with Crippen molar-refractivity contribution in [3.8, 4) is 11.5 Å². The number of aryl methyl sites for hydroxylation is 1. The van der Waals surface area contributed by atoms with Crippen molar-refractivity contribution in [1.82, 2.24) is 0 Å². The molecule has 0 saturated heterocycles. The van der Waals surface area contributed by atoms with E-state index in [1.54, 1.807) is 12.1 Å². The standard InChI is InChI=1S/C35H40ClNO6/c1-8-41-26-13-21(12-22(36)33(26)42-18-29(40)37-23-11-9-10-19(2)20(23)3)30-31-24(38)14-34(4,5)16-27(31)43-28-17-35(6,7)15-25(39)32(28)30/h9-13,30H,8,14-18H2,1-7H3,(H,37,40). The van der Waals surface area contributed by atoms with Crippen LogP contribution in [0.15, 0.2) is 53.0 Å². The topological polar surface area (TPSA) is 90.9 Å². The average molecular weight is 606 g/mol. The van der Waals surface area contributed by atoms with Crippen molar-refractivity contribution in [3.05, 3.63) is 74.7 Å². The number of rotatable bonds is 7. The highest BCUT2D eigenvalue weighted by atomic mass is 35.5. The molecule has 2 aromatic carbocycles. The molecule has 3 aliphatic rings. The Hall–Kier alpha value is -3.58. The molecular formula is C35H40ClNO6. The van der Waals surface area contributed by atoms with Gasteiger partial charge in [-0.25, -0.2) is 0 Å². The summed E-state index contributed by atoms with van der Waals surface area (Å²) >= 11 is 6.82. The Morgan fingerprint density at radius 1 is 0.953 bits per heavy atom. The molecule has 8 heteroatoms. The number of amides is 1. The molecule has 0 aromatic heterocycles. The highest BCUT2D eigenvalue weighted by molar-refractivity contribution is 6.32. The van der Waals surface area contributed by atoms with Crippen LogP contribution in [-0.4, -0.2) is 30.7 Å². The van der Waals surface area contributed by atoms with Crippen LogP contribution in [0.2, 0.25) is 5.02 Å². The zero-order valence-electron chi connectivity index (χ0n) is 26.0. The first-order valence-corrected chi connectivity index (χ1v) is 15.2. The number of ether oxygens (including phenoxy) is 3. The van der Waals surface area contributed by atoms with Gasteiger partial charge in [0.25, 0.3) is 5.91 Å². The molecule has 0 fully saturated rings. The molecule has 7 nitrogen and oxygen atoms in total. The normalized spacial score (nSPS) is 19.4. The van der Waals surface area contributed by atoms with Crippen LogP contribution < -0.4 is 14.8 Å². The van der Waals surface area contributed by atoms with E-state index in [1.165, 1.54) is 0 Å². The van der Waals surface area contributed by atoms with Crippen molar-refractivity contribution in [2.45, 2.75) is 80.1 Å². The predicted octanol–water partition coefficient (Wildman–Crippen LogP) is 7.77. The molecule has 0 saturated carbocycles. The van der Waals surface area contributed by atoms with Gasteiger partial charge in [-0.3, -0.25) is 14.4 Å². The molecule has 0 radical (unpaired) electrons. The molecule has 2 aliphatic carbocycles. The summed E-state index contributed by atoms with van der Waals surface area (Å²) < 4.78 is 18.3. The van der Waals surface area contributed by atoms with Crippen molar-refractivity contribution in [2.75, 3.05) is 18.5 Å². The van der Waals surface area contributed by atoms with Gasteiger partial charge in [-0.1, -0.05) is 51.4 Å². The number of Topliss-reactive ketones (excluding diaryl/α,β-unsaturated/α-hetero) is 2. The number of hydrogen-bond acceptors (Lipinski definition) is 6. The van der Waals surface area contributed by atoms with Crippen molar-refractivity contribution in [3.63, 3.8) is 0 Å². The maximum atomic E-state index is 13.7. The molecule has 5 rings (SSSR count). The van der Waals surface area contributed by atoms with E-state index >= 15 is 0 Å². The Morgan fingerprint density at radius 3 is 2.14 bits per heavy atom. The Kier molecular flexibility index (Phi) is 8.25. The van der Waals surface area contributed by atoms with Gasteiger partial charge < -0.3 is 19.5 Å². The summed E-state index contributed by atoms with van der Waals surface area (Å²) in [7, 11) is 0. The second-order valence-corrected chi connectivity index (χ2v) is 13.8. The van der Waals surface area contributed by atoms with Gasteiger partial charge in [0.15, 0.2) is 29.7 Å². The molecule has 0 unspecified atom stereocenters. The monoisotopic (exact) mass is 605 g/mol. The summed E-state index contributed by atoms with van der Waals surface area (Å²) in [5.41, 5.74) is 3.96. The number of hydrogen-bond donors (Lipinski definition) is 1. The van der Waals surface area contributed by atoms with Gasteiger partial charge in [0.2, 0.25) is 0 Å². The average Bonchev–Trinajstić information content (AvgIpc) is 2.88. The zero-order valence-corrected chi connectivity index (χ0v) is 26.8. The molecule has 43 heavy (non-hydrogen) atoms. The third-order valence-electron chi connectivity index (χ3n) is 8.47. The van der Waals surface area contributed by atoms with E-state index in [4.69, 9.17) is 25.8 Å². The van der Waals surface area contributed by atoms with Crippen LogP contribution >= 0.6 is 11.6 Å². The second-order valence-electron chi connectivity index (χ2n) is 13.4. The fraction of sp³-hybridized carbons (Fsp3) is 0.457. The quantitative estimate of drug-likeness (QED) is 0.347. The summed E-state index contributed by atoms with van der Waals surface area (Å²) in [4.78, 5) is 40.1. The van der Waals surface area contributed by atoms with Crippen LogP contribution in [0.25, 0.3) is 0 Å². The zero-order chi connectivity index (χ0) is 31.3. The maximum Gasteiger partial charge on any atom is 0.262 e. The number of anilines is 1. The fourth-order valence-electron chi connectivity index (χ4n) is 6.38. The van der Waals surface area contributed by atoms with Gasteiger partial charge in [0.05, 0.1) is 11.6 Å². The first-order valence-electron chi connectivity index (χ1n) is 14.8. The maximum absolute atomic E-state index is 13.7. The van der Waals surface area contributed by atoms with Gasteiger partial charge in [-0.2, -0.15) is 0 Å². The van der Waals surface area contributed by atoms with Crippen molar-refractivity contribution in [2.24, 2.45) is 10.8 Å². The van der Waals surface area contributed by atoms with Crippen LogP contribution in [0.4, 0.5) is 5.69 Å². The van der Waals surface area contributed by atoms with E-state index in [0.29, 0.717) is 72.0 Å². The molecule has 1 heterocycles. The smallest absolute Gasteiger partial charge is 0.262 e. The molecule has 1 aliphatic heterocycles. The van der Waals surface area contributed by atoms with E-state index in [9.17, 15) is 14.4 Å². The molecule has 2 aromatic rings. The largest absolute Gasteiger partial charge is 0.490 e. The van der Waals surface area contributed by atoms with Gasteiger partial charge in [-0.05, 0) is 66.5 Å². The number of nitrogens with one attached hydrogen (secondary N) is 1. The number of allylic oxidation sites excluding steroid dienone is 4. The SMILES string of the molecule is CCOc1cc(C2C3=C(CC(C)(C)CC3=O)OC3=C2C(=O)CC(C)(C)C3)cc(Cl)c1OCC(=O)Nc1cccc(C)c1C. The number of benzene rings is 2. The van der Waals surface area contributed by atoms with E-state index in [2.05, 4.69) is 33.0 Å². The molecule has 1 N–H and O–H groups in total. The lowest BCUT2D eigenvalue weighted by atomic mass is 9.65. The summed E-state index contributed by atoms with van der Waals surface area (Å²) in [6.07, 6.45) is 1.91. The van der Waals surface area contributed by atoms with Gasteiger partial charge in [0, 0.05) is 48.4 Å². The van der Waals surface area contributed by atoms with E-state index < -0.39 is 5.92 Å². The highest BCUT2D eigenvalue weighted by Crippen LogP contribution is 2.54. The van der Waals surface area contributed by atoms with Crippen molar-refractivity contribution >= 4 is 34.8 Å². The lowest BCUT2D eigenvalue weighted by molar-refractivity contribution is -0.120. The Bertz CT molecular complexity index is 1530. The summed E-state index contributed by atoms with van der Waals surface area (Å²) in [6.45, 7) is 14.0. The fourth-order valence-corrected chi connectivity index (χ4v) is 6.65. The van der Waals surface area contributed by atoms with Crippen molar-refractivity contribution in [1.29, 1.82) is 0 Å². The Labute approximate surface area is 258 Å². The Morgan fingerprint density at radius 2 is 1.56 bits per heavy atom. The minimum Gasteiger partial charge on any atom is -0.490 e. The summed E-state index contributed by atoms with van der Waals surface area (Å²) in [6, 6.07) is 9.20. The third kappa shape index (κ3) is 6.23. The molecular weight excluding hydrogens is 566 g/mol. The summed E-state index contributed by atoms with van der Waals surface area (Å²) in [5, 5.41) is 3.12. The Balaban J connectivity index is 1.52. The first-order chi connectivity index (χ1) is 20.2. The van der Waals surface area contributed by atoms with Gasteiger partial charge in [-0.15, -0.1) is 0 Å². The minimum atomic E-state index is -0.621. The molecule has 228 valence electrons. The number of ketones is 2. The van der Waals surface area contributed by atoms with E-state index in [0.717, 1.165) is 11.1 Å². The van der Waals surface area contributed by atoms with Crippen molar-refractivity contribution < 1.29 is 28.6 Å². The van der Waals surface area contributed by atoms with Gasteiger partial charge in [0.1, 0.15) is 11.5 Å². The molecule has 0 bridgehead atoms. The molecule has 0 spiro atoms. The third-order valence-corrected chi connectivity index (χ3v) is 8.75. The van der Waals surface area contributed by atoms with Crippen LogP contribution in [0, 0.1) is 24.7 Å². The summed E-state index contributed by atoms with van der Waals surface area (Å²) in [5.74, 6) is 0.816.